The van der Waals surface area contributed by atoms with Crippen LogP contribution in [-0.4, -0.2) is 28.8 Å². The number of carbonyl (C=O) groups excluding carboxylic acids is 1. The summed E-state index contributed by atoms with van der Waals surface area (Å²) in [5.41, 5.74) is 0.435. The number of aryl methyl sites for hydroxylation is 2. The third-order valence-electron chi connectivity index (χ3n) is 4.13. The molecule has 140 valence electrons. The van der Waals surface area contributed by atoms with Crippen LogP contribution in [0.3, 0.4) is 0 Å². The molecule has 0 radical (unpaired) electrons. The van der Waals surface area contributed by atoms with E-state index in [4.69, 9.17) is 4.74 Å². The molecule has 2 N–H and O–H groups in total. The highest BCUT2D eigenvalue weighted by Gasteiger charge is 2.08. The predicted octanol–water partition coefficient (Wildman–Crippen LogP) is 1.58. The van der Waals surface area contributed by atoms with Gasteiger partial charge in [0.2, 0.25) is 5.91 Å². The maximum Gasteiger partial charge on any atom is 0.273 e. The van der Waals surface area contributed by atoms with Gasteiger partial charge < -0.3 is 10.1 Å². The number of amides is 1. The van der Waals surface area contributed by atoms with Gasteiger partial charge in [-0.3, -0.25) is 19.5 Å². The number of rotatable bonds is 7. The molecule has 0 spiro atoms. The summed E-state index contributed by atoms with van der Waals surface area (Å²) in [6, 6.07) is 14.3. The van der Waals surface area contributed by atoms with Gasteiger partial charge in [0.05, 0.1) is 23.9 Å². The van der Waals surface area contributed by atoms with Gasteiger partial charge in [0.1, 0.15) is 12.4 Å². The van der Waals surface area contributed by atoms with Crippen molar-refractivity contribution in [3.8, 4) is 5.75 Å². The number of aromatic amines is 1. The topological polar surface area (TPSA) is 93.2 Å². The Labute approximate surface area is 155 Å². The molecule has 0 atom stereocenters. The average molecular weight is 367 g/mol. The van der Waals surface area contributed by atoms with Crippen molar-refractivity contribution in [3.05, 3.63) is 74.8 Å². The summed E-state index contributed by atoms with van der Waals surface area (Å²) in [4.78, 5) is 36.4. The predicted molar refractivity (Wildman–Crippen MR) is 103 cm³/mol. The Kier molecular flexibility index (Phi) is 5.71. The molecule has 0 unspecified atom stereocenters. The van der Waals surface area contributed by atoms with Crippen molar-refractivity contribution in [2.75, 3.05) is 13.2 Å². The summed E-state index contributed by atoms with van der Waals surface area (Å²) < 4.78 is 6.74. The van der Waals surface area contributed by atoms with Gasteiger partial charge in [-0.1, -0.05) is 24.3 Å². The zero-order valence-electron chi connectivity index (χ0n) is 15.0. The van der Waals surface area contributed by atoms with Crippen LogP contribution in [0.5, 0.6) is 5.75 Å². The number of hydrogen-bond acceptors (Lipinski definition) is 4. The van der Waals surface area contributed by atoms with E-state index in [0.717, 1.165) is 11.3 Å². The van der Waals surface area contributed by atoms with E-state index in [9.17, 15) is 14.4 Å². The Morgan fingerprint density at radius 2 is 1.89 bits per heavy atom. The first kappa shape index (κ1) is 18.4. The molecule has 0 fully saturated rings. The maximum atomic E-state index is 12.4. The summed E-state index contributed by atoms with van der Waals surface area (Å²) in [7, 11) is 0. The highest BCUT2D eigenvalue weighted by molar-refractivity contribution is 5.80. The molecule has 1 aromatic heterocycles. The van der Waals surface area contributed by atoms with Crippen molar-refractivity contribution < 1.29 is 9.53 Å². The third kappa shape index (κ3) is 4.63. The largest absolute Gasteiger partial charge is 0.492 e. The zero-order valence-corrected chi connectivity index (χ0v) is 15.0. The standard InChI is InChI=1S/C20H21N3O4/c1-14-5-4-6-15(13-14)27-12-10-21-18(24)9-11-23-20(26)17-8-3-2-7-16(17)19(25)22-23/h2-8,13H,9-12H2,1H3,(H,21,24)(H,22,25). The SMILES string of the molecule is Cc1cccc(OCCNC(=O)CCn2[nH]c(=O)c3ccccc3c2=O)c1. The summed E-state index contributed by atoms with van der Waals surface area (Å²) in [5, 5.41) is 5.93. The number of fused-ring (bicyclic) bond motifs is 1. The molecular weight excluding hydrogens is 346 g/mol. The number of H-pyrrole nitrogens is 1. The number of hydrogen-bond donors (Lipinski definition) is 2. The third-order valence-corrected chi connectivity index (χ3v) is 4.13. The first-order chi connectivity index (χ1) is 13.0. The molecule has 0 saturated carbocycles. The molecular formula is C20H21N3O4. The summed E-state index contributed by atoms with van der Waals surface area (Å²) in [6.07, 6.45) is 0.0820. The van der Waals surface area contributed by atoms with E-state index in [1.165, 1.54) is 4.68 Å². The first-order valence-corrected chi connectivity index (χ1v) is 8.72. The summed E-state index contributed by atoms with van der Waals surface area (Å²) >= 11 is 0. The molecule has 0 bridgehead atoms. The molecule has 7 heteroatoms. The Balaban J connectivity index is 1.51. The van der Waals surface area contributed by atoms with E-state index in [-0.39, 0.29) is 30.0 Å². The van der Waals surface area contributed by atoms with E-state index in [2.05, 4.69) is 10.4 Å². The zero-order chi connectivity index (χ0) is 19.2. The van der Waals surface area contributed by atoms with Gasteiger partial charge in [-0.15, -0.1) is 0 Å². The van der Waals surface area contributed by atoms with Crippen LogP contribution < -0.4 is 21.2 Å². The van der Waals surface area contributed by atoms with Crippen LogP contribution in [0.25, 0.3) is 10.8 Å². The molecule has 3 aromatic rings. The Morgan fingerprint density at radius 1 is 1.11 bits per heavy atom. The smallest absolute Gasteiger partial charge is 0.273 e. The van der Waals surface area contributed by atoms with Gasteiger partial charge in [0.25, 0.3) is 11.1 Å². The first-order valence-electron chi connectivity index (χ1n) is 8.72. The second-order valence-electron chi connectivity index (χ2n) is 6.21. The molecule has 0 aliphatic rings. The van der Waals surface area contributed by atoms with E-state index in [1.807, 2.05) is 31.2 Å². The van der Waals surface area contributed by atoms with Crippen molar-refractivity contribution in [1.82, 2.24) is 15.1 Å². The fourth-order valence-electron chi connectivity index (χ4n) is 2.77. The number of carbonyl (C=O) groups is 1. The minimum Gasteiger partial charge on any atom is -0.492 e. The Hall–Kier alpha value is -3.35. The van der Waals surface area contributed by atoms with Gasteiger partial charge in [-0.05, 0) is 36.8 Å². The van der Waals surface area contributed by atoms with E-state index in [1.54, 1.807) is 24.3 Å². The lowest BCUT2D eigenvalue weighted by atomic mass is 10.2. The molecule has 27 heavy (non-hydrogen) atoms. The van der Waals surface area contributed by atoms with Crippen LogP contribution in [0.4, 0.5) is 0 Å². The average Bonchev–Trinajstić information content (AvgIpc) is 2.67. The molecule has 2 aromatic carbocycles. The quantitative estimate of drug-likeness (QED) is 0.620. The fourth-order valence-corrected chi connectivity index (χ4v) is 2.77. The minimum absolute atomic E-state index is 0.0820. The highest BCUT2D eigenvalue weighted by atomic mass is 16.5. The molecule has 0 aliphatic heterocycles. The van der Waals surface area contributed by atoms with Crippen molar-refractivity contribution >= 4 is 16.7 Å². The minimum atomic E-state index is -0.350. The van der Waals surface area contributed by atoms with Gasteiger partial charge in [-0.25, -0.2) is 4.68 Å². The lowest BCUT2D eigenvalue weighted by Crippen LogP contribution is -2.33. The van der Waals surface area contributed by atoms with Gasteiger partial charge in [-0.2, -0.15) is 0 Å². The van der Waals surface area contributed by atoms with Crippen molar-refractivity contribution in [2.24, 2.45) is 0 Å². The number of nitrogens with zero attached hydrogens (tertiary/aromatic N) is 1. The molecule has 1 amide bonds. The maximum absolute atomic E-state index is 12.4. The molecule has 3 rings (SSSR count). The number of benzene rings is 2. The number of nitrogens with one attached hydrogen (secondary N) is 2. The van der Waals surface area contributed by atoms with Gasteiger partial charge in [0.15, 0.2) is 0 Å². The van der Waals surface area contributed by atoms with Crippen LogP contribution in [-0.2, 0) is 11.3 Å². The van der Waals surface area contributed by atoms with Crippen LogP contribution in [0.2, 0.25) is 0 Å². The van der Waals surface area contributed by atoms with E-state index >= 15 is 0 Å². The van der Waals surface area contributed by atoms with Crippen LogP contribution in [0, 0.1) is 6.92 Å². The fraction of sp³-hybridized carbons (Fsp3) is 0.250. The lowest BCUT2D eigenvalue weighted by molar-refractivity contribution is -0.121. The highest BCUT2D eigenvalue weighted by Crippen LogP contribution is 2.11. The van der Waals surface area contributed by atoms with E-state index < -0.39 is 0 Å². The van der Waals surface area contributed by atoms with Crippen LogP contribution in [0.15, 0.2) is 58.1 Å². The second-order valence-corrected chi connectivity index (χ2v) is 6.21. The van der Waals surface area contributed by atoms with Crippen molar-refractivity contribution in [3.63, 3.8) is 0 Å². The lowest BCUT2D eigenvalue weighted by Gasteiger charge is -2.09. The number of aromatic nitrogens is 2. The summed E-state index contributed by atoms with van der Waals surface area (Å²) in [6.45, 7) is 2.79. The van der Waals surface area contributed by atoms with Crippen LogP contribution >= 0.6 is 0 Å². The summed E-state index contributed by atoms with van der Waals surface area (Å²) in [5.74, 6) is 0.535. The van der Waals surface area contributed by atoms with Crippen molar-refractivity contribution in [1.29, 1.82) is 0 Å². The molecule has 7 nitrogen and oxygen atoms in total. The van der Waals surface area contributed by atoms with E-state index in [0.29, 0.717) is 23.9 Å². The number of ether oxygens (including phenoxy) is 1. The van der Waals surface area contributed by atoms with Crippen molar-refractivity contribution in [2.45, 2.75) is 19.9 Å². The molecule has 1 heterocycles. The Bertz CT molecular complexity index is 1070. The van der Waals surface area contributed by atoms with Gasteiger partial charge in [0, 0.05) is 6.42 Å². The molecule has 0 aliphatic carbocycles. The monoisotopic (exact) mass is 367 g/mol. The van der Waals surface area contributed by atoms with Crippen LogP contribution in [0.1, 0.15) is 12.0 Å². The Morgan fingerprint density at radius 3 is 2.67 bits per heavy atom. The molecule has 0 saturated heterocycles. The van der Waals surface area contributed by atoms with Gasteiger partial charge >= 0.3 is 0 Å². The normalized spacial score (nSPS) is 10.7. The second kappa shape index (κ2) is 8.35.